The lowest BCUT2D eigenvalue weighted by atomic mass is 9.73. The number of hydrogen-bond acceptors (Lipinski definition) is 12. The van der Waals surface area contributed by atoms with Gasteiger partial charge in [-0.05, 0) is 247 Å². The number of aliphatic hydroxyl groups excluding tert-OH is 1. The van der Waals surface area contributed by atoms with Gasteiger partial charge in [0.1, 0.15) is 42.3 Å². The molecule has 2 saturated carbocycles. The smallest absolute Gasteiger partial charge is 0.344 e. The Morgan fingerprint density at radius 3 is 1.38 bits per heavy atom. The van der Waals surface area contributed by atoms with Crippen LogP contribution in [0.4, 0.5) is 0 Å². The van der Waals surface area contributed by atoms with Gasteiger partial charge >= 0.3 is 23.9 Å². The minimum atomic E-state index is -0.808. The van der Waals surface area contributed by atoms with Crippen molar-refractivity contribution in [3.05, 3.63) is 214 Å². The van der Waals surface area contributed by atoms with Crippen molar-refractivity contribution in [1.29, 1.82) is 0 Å². The Morgan fingerprint density at radius 2 is 0.924 bits per heavy atom. The zero-order valence-corrected chi connectivity index (χ0v) is 62.0. The number of aliphatic hydroxyl groups is 1. The lowest BCUT2D eigenvalue weighted by Crippen LogP contribution is -2.28. The van der Waals surface area contributed by atoms with Crippen LogP contribution in [0.5, 0.6) is 23.0 Å². The Labute approximate surface area is 626 Å². The molecule has 564 valence electrons. The standard InChI is InChI=1S/C45H54O6.C31H42O4.C14H14O3.2CH4/c1-5-6-8-15-38(51-45(47)31(3)33-17-18-35-25-39(48-4)20-19-34(35)24-33)21-22-40-30(2)23-37-27-42-36(26-41(37)40)14-11-16-43(42)49-29-44(46)50-28-32-12-9-7-10-13-32;1-3-4-6-13-26(32)15-16-27-22(2)17-25-19-29-24(18-28(25)27)12-9-14-30(29)34-21-31(33)35-20-23-10-7-5-8-11-23;1-9(14(15)16)10-3-4-12-8-13(17-2)6-5-11(12)7-10;;/h7,9-14,16-20,24-25,30-31,37-38,40-41H,5-6,8,15,21-23,26-29H2,1-4H3;5,7-12,14,22,25-28,32H,3-4,6,13,15-21H2,1-2H3;3-9H,1-2H3,(H,15,16);2*1H4/t30-,31+,37-,38+,40+,41+;22-,25-,26+,27+,28+;9-;;/m110../s1. The third kappa shape index (κ3) is 22.7. The number of fused-ring (bicyclic) bond motifs is 6. The Balaban J connectivity index is 0.000000222. The third-order valence-corrected chi connectivity index (χ3v) is 22.7. The minimum Gasteiger partial charge on any atom is -0.497 e. The maximum Gasteiger partial charge on any atom is 0.344 e. The Hall–Kier alpha value is -8.68. The van der Waals surface area contributed by atoms with Crippen LogP contribution in [0.15, 0.2) is 170 Å². The molecule has 8 aromatic carbocycles. The number of unbranched alkanes of at least 4 members (excludes halogenated alkanes) is 4. The van der Waals surface area contributed by atoms with E-state index in [4.69, 9.17) is 38.3 Å². The number of carbonyl (C=O) groups is 4. The fraction of sp³-hybridized carbons (Fsp3) is 0.478. The highest BCUT2D eigenvalue weighted by molar-refractivity contribution is 5.88. The van der Waals surface area contributed by atoms with Crippen LogP contribution in [0.25, 0.3) is 21.5 Å². The SMILES string of the molecule is C.C.CCCCC[C@@H](CC[C@@H]1[C@H]2Cc3cccc(OCC(=O)OCc4ccccc4)c3C[C@H]2C[C@H]1C)OC(=O)[C@@H](C)c1ccc2cc(OC)ccc2c1.CCCCC[C@H](O)CC[C@@H]1[C@H]2Cc3cccc(OCC(=O)OCc4ccccc4)c3C[C@H]2C[C@H]1C.COc1ccc2cc([C@H](C)C(=O)O)ccc2c1. The molecule has 12 rings (SSSR count). The van der Waals surface area contributed by atoms with Crippen molar-refractivity contribution in [3.8, 4) is 23.0 Å². The number of aliphatic carboxylic acids is 1. The first-order valence-corrected chi connectivity index (χ1v) is 38.1. The van der Waals surface area contributed by atoms with Gasteiger partial charge in [0.25, 0.3) is 0 Å². The van der Waals surface area contributed by atoms with E-state index in [2.05, 4.69) is 58.0 Å². The number of methoxy groups -OCH3 is 2. The number of rotatable bonds is 31. The number of hydrogen-bond donors (Lipinski definition) is 2. The molecule has 2 fully saturated rings. The molecular formula is C92H118O13. The third-order valence-electron chi connectivity index (χ3n) is 22.7. The number of carbonyl (C=O) groups excluding carboxylic acids is 3. The van der Waals surface area contributed by atoms with E-state index >= 15 is 0 Å². The van der Waals surface area contributed by atoms with Gasteiger partial charge in [-0.3, -0.25) is 9.59 Å². The number of ether oxygens (including phenoxy) is 7. The quantitative estimate of drug-likeness (QED) is 0.0239. The first kappa shape index (κ1) is 82.0. The predicted molar refractivity (Wildman–Crippen MR) is 421 cm³/mol. The van der Waals surface area contributed by atoms with Crippen molar-refractivity contribution in [1.82, 2.24) is 0 Å². The molecule has 13 nitrogen and oxygen atoms in total. The summed E-state index contributed by atoms with van der Waals surface area (Å²) in [6.45, 7) is 13.2. The van der Waals surface area contributed by atoms with Crippen LogP contribution in [0.2, 0.25) is 0 Å². The van der Waals surface area contributed by atoms with Crippen LogP contribution in [0, 0.1) is 47.3 Å². The predicted octanol–water partition coefficient (Wildman–Crippen LogP) is 20.9. The fourth-order valence-corrected chi connectivity index (χ4v) is 16.7. The maximum atomic E-state index is 13.6. The number of benzene rings is 8. The van der Waals surface area contributed by atoms with Crippen molar-refractivity contribution in [2.45, 2.75) is 209 Å². The molecule has 2 N–H and O–H groups in total. The van der Waals surface area contributed by atoms with E-state index in [1.54, 1.807) is 21.1 Å². The first-order valence-electron chi connectivity index (χ1n) is 38.1. The molecule has 0 bridgehead atoms. The molecule has 0 heterocycles. The van der Waals surface area contributed by atoms with Gasteiger partial charge in [0.2, 0.25) is 0 Å². The van der Waals surface area contributed by atoms with Gasteiger partial charge < -0.3 is 43.4 Å². The average Bonchev–Trinajstić information content (AvgIpc) is 1.66. The van der Waals surface area contributed by atoms with Crippen molar-refractivity contribution in [2.24, 2.45) is 47.3 Å². The summed E-state index contributed by atoms with van der Waals surface area (Å²) in [5.41, 5.74) is 8.95. The molecule has 12 atom stereocenters. The topological polar surface area (TPSA) is 173 Å². The van der Waals surface area contributed by atoms with Gasteiger partial charge in [-0.15, -0.1) is 0 Å². The normalized spacial score (nSPS) is 19.9. The minimum absolute atomic E-state index is 0. The molecule has 0 spiro atoms. The first-order chi connectivity index (χ1) is 50.0. The molecular weight excluding hydrogens is 1310 g/mol. The van der Waals surface area contributed by atoms with E-state index in [9.17, 15) is 24.3 Å². The van der Waals surface area contributed by atoms with Gasteiger partial charge in [0.15, 0.2) is 13.2 Å². The molecule has 4 aliphatic carbocycles. The van der Waals surface area contributed by atoms with Gasteiger partial charge in [-0.1, -0.05) is 208 Å². The second kappa shape index (κ2) is 40.7. The van der Waals surface area contributed by atoms with Crippen LogP contribution >= 0.6 is 0 Å². The molecule has 4 aliphatic rings. The van der Waals surface area contributed by atoms with Gasteiger partial charge in [-0.2, -0.15) is 0 Å². The Kier molecular flexibility index (Phi) is 31.8. The summed E-state index contributed by atoms with van der Waals surface area (Å²) >= 11 is 0. The summed E-state index contributed by atoms with van der Waals surface area (Å²) in [5.74, 6) is 5.91. The van der Waals surface area contributed by atoms with Crippen molar-refractivity contribution in [3.63, 3.8) is 0 Å². The lowest BCUT2D eigenvalue weighted by molar-refractivity contribution is -0.151. The van der Waals surface area contributed by atoms with Crippen LogP contribution < -0.4 is 18.9 Å². The molecule has 0 unspecified atom stereocenters. The molecule has 13 heteroatoms. The Bertz CT molecular complexity index is 4040. The van der Waals surface area contributed by atoms with Crippen LogP contribution in [-0.4, -0.2) is 73.7 Å². The zero-order valence-electron chi connectivity index (χ0n) is 62.0. The van der Waals surface area contributed by atoms with Crippen molar-refractivity contribution < 1.29 is 62.5 Å². The summed E-state index contributed by atoms with van der Waals surface area (Å²) < 4.78 is 39.7. The summed E-state index contributed by atoms with van der Waals surface area (Å²) in [4.78, 5) is 49.3. The van der Waals surface area contributed by atoms with Crippen molar-refractivity contribution in [2.75, 3.05) is 27.4 Å². The lowest BCUT2D eigenvalue weighted by Gasteiger charge is -2.33. The molecule has 0 amide bonds. The fourth-order valence-electron chi connectivity index (χ4n) is 16.7. The summed E-state index contributed by atoms with van der Waals surface area (Å²) in [6.07, 6.45) is 19.1. The van der Waals surface area contributed by atoms with E-state index in [1.807, 2.05) is 146 Å². The molecule has 0 saturated heterocycles. The summed E-state index contributed by atoms with van der Waals surface area (Å²) in [6, 6.07) is 55.6. The van der Waals surface area contributed by atoms with Crippen LogP contribution in [0.3, 0.4) is 0 Å². The highest BCUT2D eigenvalue weighted by atomic mass is 16.6. The van der Waals surface area contributed by atoms with Crippen LogP contribution in [-0.2, 0) is 72.3 Å². The van der Waals surface area contributed by atoms with E-state index in [0.717, 1.165) is 157 Å². The Morgan fingerprint density at radius 1 is 0.486 bits per heavy atom. The summed E-state index contributed by atoms with van der Waals surface area (Å²) in [7, 11) is 3.30. The second-order valence-electron chi connectivity index (χ2n) is 29.7. The summed E-state index contributed by atoms with van der Waals surface area (Å²) in [5, 5.41) is 23.7. The van der Waals surface area contributed by atoms with Gasteiger partial charge in [0.05, 0.1) is 32.2 Å². The number of esters is 3. The number of carboxylic acids is 1. The molecule has 0 radical (unpaired) electrons. The monoisotopic (exact) mass is 1430 g/mol. The van der Waals surface area contributed by atoms with Gasteiger partial charge in [0, 0.05) is 0 Å². The van der Waals surface area contributed by atoms with Gasteiger partial charge in [-0.25, -0.2) is 9.59 Å². The number of carboxylic acid groups (broad SMARTS) is 1. The molecule has 8 aromatic rings. The van der Waals surface area contributed by atoms with E-state index < -0.39 is 11.9 Å². The molecule has 0 aromatic heterocycles. The highest BCUT2D eigenvalue weighted by Gasteiger charge is 2.45. The van der Waals surface area contributed by atoms with E-state index in [0.29, 0.717) is 47.3 Å². The molecule has 105 heavy (non-hydrogen) atoms. The average molecular weight is 1430 g/mol. The van der Waals surface area contributed by atoms with Crippen LogP contribution in [0.1, 0.15) is 203 Å². The zero-order chi connectivity index (χ0) is 72.8. The second-order valence-corrected chi connectivity index (χ2v) is 29.7. The highest BCUT2D eigenvalue weighted by Crippen LogP contribution is 2.53. The largest absolute Gasteiger partial charge is 0.497 e. The molecule has 0 aliphatic heterocycles. The van der Waals surface area contributed by atoms with E-state index in [-0.39, 0.29) is 77.3 Å². The van der Waals surface area contributed by atoms with E-state index in [1.165, 1.54) is 47.9 Å². The maximum absolute atomic E-state index is 13.6. The van der Waals surface area contributed by atoms with Crippen molar-refractivity contribution >= 4 is 45.4 Å².